The van der Waals surface area contributed by atoms with Crippen LogP contribution in [0, 0.1) is 0 Å². The molecule has 6 heteroatoms. The monoisotopic (exact) mass is 283 g/mol. The summed E-state index contributed by atoms with van der Waals surface area (Å²) in [5, 5.41) is 0.543. The maximum atomic E-state index is 10.9. The van der Waals surface area contributed by atoms with E-state index in [-0.39, 0.29) is 17.3 Å². The van der Waals surface area contributed by atoms with Gasteiger partial charge in [-0.15, -0.1) is 5.06 Å². The third kappa shape index (κ3) is 1.93. The van der Waals surface area contributed by atoms with Crippen molar-refractivity contribution in [2.24, 2.45) is 0 Å². The zero-order chi connectivity index (χ0) is 9.14. The van der Waals surface area contributed by atoms with Gasteiger partial charge in [0, 0.05) is 12.8 Å². The molecule has 0 aromatic carbocycles. The minimum atomic E-state index is -0.584. The van der Waals surface area contributed by atoms with Gasteiger partial charge in [-0.05, 0) is 0 Å². The number of nitrogens with zero attached hydrogens (tertiary/aromatic N) is 1. The second kappa shape index (κ2) is 3.83. The molecule has 1 fully saturated rings. The molecule has 66 valence electrons. The number of alkyl halides is 1. The van der Waals surface area contributed by atoms with Gasteiger partial charge in [-0.1, -0.05) is 22.6 Å². The number of hydrogen-bond donors (Lipinski definition) is 0. The summed E-state index contributed by atoms with van der Waals surface area (Å²) < 4.78 is 0.120. The van der Waals surface area contributed by atoms with Gasteiger partial charge >= 0.3 is 5.97 Å². The zero-order valence-corrected chi connectivity index (χ0v) is 8.24. The van der Waals surface area contributed by atoms with Crippen LogP contribution in [-0.2, 0) is 19.2 Å². The molecule has 1 aliphatic heterocycles. The molecule has 5 nitrogen and oxygen atoms in total. The van der Waals surface area contributed by atoms with E-state index in [1.165, 1.54) is 0 Å². The summed E-state index contributed by atoms with van der Waals surface area (Å²) >= 11 is 1.79. The Balaban J connectivity index is 2.56. The minimum Gasteiger partial charge on any atom is -0.330 e. The number of carbonyl (C=O) groups excluding carboxylic acids is 3. The van der Waals surface area contributed by atoms with Crippen LogP contribution in [-0.4, -0.2) is 27.3 Å². The average molecular weight is 283 g/mol. The summed E-state index contributed by atoms with van der Waals surface area (Å²) in [6.07, 6.45) is 0.265. The van der Waals surface area contributed by atoms with Crippen molar-refractivity contribution in [3.63, 3.8) is 0 Å². The highest BCUT2D eigenvalue weighted by Gasteiger charge is 2.32. The Morgan fingerprint density at radius 2 is 1.92 bits per heavy atom. The van der Waals surface area contributed by atoms with Crippen molar-refractivity contribution >= 4 is 40.4 Å². The van der Waals surface area contributed by atoms with E-state index < -0.39 is 17.8 Å². The Morgan fingerprint density at radius 3 is 2.33 bits per heavy atom. The lowest BCUT2D eigenvalue weighted by Gasteiger charge is -2.10. The first-order valence-corrected chi connectivity index (χ1v) is 4.80. The summed E-state index contributed by atoms with van der Waals surface area (Å²) in [5.41, 5.74) is 0. The molecule has 0 aromatic rings. The number of rotatable bonds is 2. The molecular formula is C6H6INO4. The fraction of sp³-hybridized carbons (Fsp3) is 0.500. The van der Waals surface area contributed by atoms with Crippen LogP contribution in [0.5, 0.6) is 0 Å². The molecule has 0 radical (unpaired) electrons. The van der Waals surface area contributed by atoms with Gasteiger partial charge < -0.3 is 4.84 Å². The molecule has 0 aromatic heterocycles. The molecule has 0 aliphatic carbocycles. The van der Waals surface area contributed by atoms with E-state index >= 15 is 0 Å². The van der Waals surface area contributed by atoms with Crippen molar-refractivity contribution in [1.29, 1.82) is 0 Å². The normalized spacial score (nSPS) is 16.9. The predicted molar refractivity (Wildman–Crippen MR) is 46.1 cm³/mol. The van der Waals surface area contributed by atoms with Gasteiger partial charge in [-0.2, -0.15) is 0 Å². The van der Waals surface area contributed by atoms with Gasteiger partial charge in [0.1, 0.15) is 4.43 Å². The molecule has 0 unspecified atom stereocenters. The van der Waals surface area contributed by atoms with Crippen molar-refractivity contribution < 1.29 is 19.2 Å². The highest BCUT2D eigenvalue weighted by atomic mass is 127. The number of hydroxylamine groups is 2. The maximum Gasteiger partial charge on any atom is 0.342 e. The molecule has 0 atom stereocenters. The van der Waals surface area contributed by atoms with E-state index in [0.717, 1.165) is 0 Å². The fourth-order valence-corrected chi connectivity index (χ4v) is 0.923. The van der Waals surface area contributed by atoms with Gasteiger partial charge in [-0.3, -0.25) is 9.59 Å². The fourth-order valence-electron chi connectivity index (χ4n) is 0.784. The maximum absolute atomic E-state index is 10.9. The number of carbonyl (C=O) groups is 3. The van der Waals surface area contributed by atoms with E-state index in [4.69, 9.17) is 0 Å². The molecule has 12 heavy (non-hydrogen) atoms. The molecular weight excluding hydrogens is 277 g/mol. The first-order valence-electron chi connectivity index (χ1n) is 3.27. The van der Waals surface area contributed by atoms with Crippen molar-refractivity contribution in [2.75, 3.05) is 4.43 Å². The van der Waals surface area contributed by atoms with E-state index in [9.17, 15) is 14.4 Å². The van der Waals surface area contributed by atoms with Gasteiger partial charge in [0.15, 0.2) is 0 Å². The molecule has 1 heterocycles. The molecule has 1 saturated heterocycles. The Labute approximate surface area is 82.1 Å². The summed E-state index contributed by atoms with van der Waals surface area (Å²) in [5.74, 6) is -1.48. The second-order valence-electron chi connectivity index (χ2n) is 2.18. The van der Waals surface area contributed by atoms with Crippen molar-refractivity contribution in [1.82, 2.24) is 5.06 Å². The largest absolute Gasteiger partial charge is 0.342 e. The van der Waals surface area contributed by atoms with E-state index in [0.29, 0.717) is 5.06 Å². The van der Waals surface area contributed by atoms with Crippen LogP contribution in [0.4, 0.5) is 0 Å². The molecule has 0 saturated carbocycles. The molecule has 2 amide bonds. The molecule has 1 rings (SSSR count). The van der Waals surface area contributed by atoms with Crippen molar-refractivity contribution in [3.8, 4) is 0 Å². The van der Waals surface area contributed by atoms with Gasteiger partial charge in [-0.25, -0.2) is 4.79 Å². The first kappa shape index (κ1) is 9.43. The van der Waals surface area contributed by atoms with Crippen LogP contribution < -0.4 is 0 Å². The number of hydrogen-bond acceptors (Lipinski definition) is 4. The Morgan fingerprint density at radius 1 is 1.42 bits per heavy atom. The number of amides is 2. The smallest absolute Gasteiger partial charge is 0.330 e. The van der Waals surface area contributed by atoms with Crippen molar-refractivity contribution in [2.45, 2.75) is 12.8 Å². The molecule has 0 N–H and O–H groups in total. The summed E-state index contributed by atoms with van der Waals surface area (Å²) in [6, 6.07) is 0. The van der Waals surface area contributed by atoms with Crippen LogP contribution in [0.2, 0.25) is 0 Å². The second-order valence-corrected chi connectivity index (χ2v) is 2.94. The van der Waals surface area contributed by atoms with Crippen LogP contribution in [0.15, 0.2) is 0 Å². The summed E-state index contributed by atoms with van der Waals surface area (Å²) in [6.45, 7) is 0. The van der Waals surface area contributed by atoms with Crippen LogP contribution in [0.1, 0.15) is 12.8 Å². The lowest BCUT2D eigenvalue weighted by Crippen LogP contribution is -2.32. The van der Waals surface area contributed by atoms with Crippen LogP contribution in [0.3, 0.4) is 0 Å². The highest BCUT2D eigenvalue weighted by molar-refractivity contribution is 14.1. The Hall–Kier alpha value is -0.660. The molecule has 0 bridgehead atoms. The third-order valence-electron chi connectivity index (χ3n) is 1.31. The van der Waals surface area contributed by atoms with Gasteiger partial charge in [0.25, 0.3) is 11.8 Å². The topological polar surface area (TPSA) is 63.7 Å². The lowest BCUT2D eigenvalue weighted by atomic mass is 10.4. The highest BCUT2D eigenvalue weighted by Crippen LogP contribution is 2.12. The Bertz CT molecular complexity index is 224. The minimum absolute atomic E-state index is 0.120. The van der Waals surface area contributed by atoms with Gasteiger partial charge in [0.05, 0.1) is 0 Å². The SMILES string of the molecule is O=C(CI)ON1C(=O)CCC1=O. The lowest BCUT2D eigenvalue weighted by molar-refractivity contribution is -0.195. The van der Waals surface area contributed by atoms with Crippen LogP contribution in [0.25, 0.3) is 0 Å². The van der Waals surface area contributed by atoms with E-state index in [1.807, 2.05) is 0 Å². The number of halogens is 1. The standard InChI is InChI=1S/C6H6INO4/c7-3-6(11)12-8-4(9)1-2-5(8)10/h1-3H2. The number of imide groups is 1. The summed E-state index contributed by atoms with van der Waals surface area (Å²) in [7, 11) is 0. The Kier molecular flexibility index (Phi) is 3.01. The van der Waals surface area contributed by atoms with Crippen molar-refractivity contribution in [3.05, 3.63) is 0 Å². The van der Waals surface area contributed by atoms with Gasteiger partial charge in [0.2, 0.25) is 0 Å². The third-order valence-corrected chi connectivity index (χ3v) is 1.93. The average Bonchev–Trinajstić information content (AvgIpc) is 2.35. The molecule has 0 spiro atoms. The molecule has 1 aliphatic rings. The van der Waals surface area contributed by atoms with E-state index in [2.05, 4.69) is 4.84 Å². The zero-order valence-electron chi connectivity index (χ0n) is 6.08. The van der Waals surface area contributed by atoms with E-state index in [1.54, 1.807) is 22.6 Å². The first-order chi connectivity index (χ1) is 5.65. The predicted octanol–water partition coefficient (Wildman–Crippen LogP) is 0.0286. The summed E-state index contributed by atoms with van der Waals surface area (Å²) in [4.78, 5) is 36.9. The quantitative estimate of drug-likeness (QED) is 0.407. The van der Waals surface area contributed by atoms with Crippen LogP contribution >= 0.6 is 22.6 Å².